The van der Waals surface area contributed by atoms with Crippen molar-refractivity contribution in [3.63, 3.8) is 0 Å². The van der Waals surface area contributed by atoms with Gasteiger partial charge in [0.1, 0.15) is 15.7 Å². The first-order valence-corrected chi connectivity index (χ1v) is 10.5. The van der Waals surface area contributed by atoms with Crippen LogP contribution in [0.1, 0.15) is 32.3 Å². The molecule has 0 heterocycles. The Labute approximate surface area is 150 Å². The summed E-state index contributed by atoms with van der Waals surface area (Å²) in [6.07, 6.45) is 3.11. The summed E-state index contributed by atoms with van der Waals surface area (Å²) in [6.45, 7) is 5.23. The number of nitrogens with zero attached hydrogens (tertiary/aromatic N) is 1. The molecule has 2 N–H and O–H groups in total. The van der Waals surface area contributed by atoms with E-state index in [1.807, 2.05) is 19.9 Å². The van der Waals surface area contributed by atoms with E-state index in [1.165, 1.54) is 12.3 Å². The van der Waals surface area contributed by atoms with Crippen LogP contribution in [0.25, 0.3) is 0 Å². The second-order valence-corrected chi connectivity index (χ2v) is 9.88. The van der Waals surface area contributed by atoms with Crippen LogP contribution < -0.4 is 10.6 Å². The Morgan fingerprint density at radius 2 is 2.00 bits per heavy atom. The minimum Gasteiger partial charge on any atom is -0.356 e. The SMILES string of the molecule is CN=C(NCC1(CS(C)(=O)=O)CC1)NCC(C)(C)c1cccc(F)c1. The van der Waals surface area contributed by atoms with Gasteiger partial charge in [-0.05, 0) is 30.5 Å². The lowest BCUT2D eigenvalue weighted by molar-refractivity contribution is 0.495. The average Bonchev–Trinajstić information content (AvgIpc) is 3.25. The minimum atomic E-state index is -2.99. The lowest BCUT2D eigenvalue weighted by Crippen LogP contribution is -2.45. The summed E-state index contributed by atoms with van der Waals surface area (Å²) in [5.74, 6) is 0.590. The maximum absolute atomic E-state index is 13.5. The zero-order chi connectivity index (χ0) is 18.7. The molecule has 0 amide bonds. The predicted octanol–water partition coefficient (Wildman–Crippen LogP) is 2.09. The Balaban J connectivity index is 1.90. The first kappa shape index (κ1) is 19.7. The van der Waals surface area contributed by atoms with Crippen molar-refractivity contribution in [2.75, 3.05) is 32.1 Å². The van der Waals surface area contributed by atoms with Gasteiger partial charge < -0.3 is 10.6 Å². The molecule has 1 aliphatic rings. The van der Waals surface area contributed by atoms with Crippen LogP contribution in [0.3, 0.4) is 0 Å². The Morgan fingerprint density at radius 3 is 2.52 bits per heavy atom. The number of aliphatic imine (C=N–C) groups is 1. The fraction of sp³-hybridized carbons (Fsp3) is 0.611. The summed E-state index contributed by atoms with van der Waals surface area (Å²) >= 11 is 0. The highest BCUT2D eigenvalue weighted by Crippen LogP contribution is 2.46. The van der Waals surface area contributed by atoms with Crippen LogP contribution in [0.2, 0.25) is 0 Å². The molecule has 0 radical (unpaired) electrons. The fourth-order valence-corrected chi connectivity index (χ4v) is 4.42. The number of halogens is 1. The normalized spacial score (nSPS) is 17.2. The molecule has 0 aromatic heterocycles. The van der Waals surface area contributed by atoms with Crippen molar-refractivity contribution in [3.8, 4) is 0 Å². The molecule has 0 unspecified atom stereocenters. The third-order valence-electron chi connectivity index (χ3n) is 4.68. The zero-order valence-electron chi connectivity index (χ0n) is 15.4. The molecule has 1 aromatic rings. The Kier molecular flexibility index (Phi) is 5.76. The van der Waals surface area contributed by atoms with E-state index in [9.17, 15) is 12.8 Å². The number of benzene rings is 1. The van der Waals surface area contributed by atoms with E-state index in [4.69, 9.17) is 0 Å². The highest BCUT2D eigenvalue weighted by Gasteiger charge is 2.45. The van der Waals surface area contributed by atoms with Crippen molar-refractivity contribution in [1.29, 1.82) is 0 Å². The number of hydrogen-bond donors (Lipinski definition) is 2. The van der Waals surface area contributed by atoms with Crippen LogP contribution >= 0.6 is 0 Å². The lowest BCUT2D eigenvalue weighted by atomic mass is 9.84. The molecule has 1 saturated carbocycles. The van der Waals surface area contributed by atoms with Crippen molar-refractivity contribution < 1.29 is 12.8 Å². The van der Waals surface area contributed by atoms with Crippen molar-refractivity contribution in [1.82, 2.24) is 10.6 Å². The quantitative estimate of drug-likeness (QED) is 0.570. The summed E-state index contributed by atoms with van der Waals surface area (Å²) in [5.41, 5.74) is 0.471. The highest BCUT2D eigenvalue weighted by molar-refractivity contribution is 7.90. The summed E-state index contributed by atoms with van der Waals surface area (Å²) in [5, 5.41) is 6.49. The van der Waals surface area contributed by atoms with Crippen LogP contribution in [0.5, 0.6) is 0 Å². The standard InChI is InChI=1S/C18H28FN3O2S/c1-17(2,14-6-5-7-15(19)10-14)11-21-16(20-3)22-12-18(8-9-18)13-25(4,23)24/h5-7,10H,8-9,11-13H2,1-4H3,(H2,20,21,22). The molecule has 0 spiro atoms. The molecule has 0 bridgehead atoms. The first-order chi connectivity index (χ1) is 11.6. The van der Waals surface area contributed by atoms with E-state index in [0.29, 0.717) is 19.0 Å². The van der Waals surface area contributed by atoms with Gasteiger partial charge in [-0.1, -0.05) is 26.0 Å². The van der Waals surface area contributed by atoms with Crippen molar-refractivity contribution in [2.24, 2.45) is 10.4 Å². The molecule has 7 heteroatoms. The molecule has 0 atom stereocenters. The van der Waals surface area contributed by atoms with E-state index in [-0.39, 0.29) is 22.4 Å². The first-order valence-electron chi connectivity index (χ1n) is 8.44. The van der Waals surface area contributed by atoms with Gasteiger partial charge >= 0.3 is 0 Å². The molecule has 0 saturated heterocycles. The second kappa shape index (κ2) is 7.32. The summed E-state index contributed by atoms with van der Waals surface area (Å²) < 4.78 is 36.5. The fourth-order valence-electron chi connectivity index (χ4n) is 2.91. The minimum absolute atomic E-state index is 0.163. The number of nitrogens with one attached hydrogen (secondary N) is 2. The zero-order valence-corrected chi connectivity index (χ0v) is 16.2. The molecule has 25 heavy (non-hydrogen) atoms. The van der Waals surface area contributed by atoms with E-state index in [2.05, 4.69) is 15.6 Å². The number of hydrogen-bond acceptors (Lipinski definition) is 3. The smallest absolute Gasteiger partial charge is 0.191 e. The van der Waals surface area contributed by atoms with Crippen LogP contribution in [-0.2, 0) is 15.3 Å². The van der Waals surface area contributed by atoms with Gasteiger partial charge in [-0.2, -0.15) is 0 Å². The van der Waals surface area contributed by atoms with Crippen molar-refractivity contribution in [3.05, 3.63) is 35.6 Å². The molecular formula is C18H28FN3O2S. The topological polar surface area (TPSA) is 70.6 Å². The summed E-state index contributed by atoms with van der Waals surface area (Å²) in [4.78, 5) is 4.20. The highest BCUT2D eigenvalue weighted by atomic mass is 32.2. The molecule has 140 valence electrons. The van der Waals surface area contributed by atoms with Gasteiger partial charge in [0.25, 0.3) is 0 Å². The van der Waals surface area contributed by atoms with Crippen LogP contribution in [0.15, 0.2) is 29.3 Å². The molecule has 2 rings (SSSR count). The van der Waals surface area contributed by atoms with E-state index in [1.54, 1.807) is 19.2 Å². The van der Waals surface area contributed by atoms with Gasteiger partial charge in [-0.25, -0.2) is 12.8 Å². The van der Waals surface area contributed by atoms with Crippen molar-refractivity contribution in [2.45, 2.75) is 32.1 Å². The second-order valence-electron chi connectivity index (χ2n) is 7.74. The van der Waals surface area contributed by atoms with Crippen LogP contribution in [0, 0.1) is 11.2 Å². The monoisotopic (exact) mass is 369 g/mol. The third kappa shape index (κ3) is 5.99. The van der Waals surface area contributed by atoms with Gasteiger partial charge in [0.2, 0.25) is 0 Å². The van der Waals surface area contributed by atoms with Gasteiger partial charge in [0.15, 0.2) is 5.96 Å². The predicted molar refractivity (Wildman–Crippen MR) is 100 cm³/mol. The van der Waals surface area contributed by atoms with Crippen molar-refractivity contribution >= 4 is 15.8 Å². The molecular weight excluding hydrogens is 341 g/mol. The molecule has 1 fully saturated rings. The maximum atomic E-state index is 13.5. The largest absolute Gasteiger partial charge is 0.356 e. The van der Waals surface area contributed by atoms with E-state index < -0.39 is 9.84 Å². The maximum Gasteiger partial charge on any atom is 0.191 e. The van der Waals surface area contributed by atoms with E-state index >= 15 is 0 Å². The molecule has 0 aliphatic heterocycles. The average molecular weight is 370 g/mol. The van der Waals surface area contributed by atoms with Crippen LogP contribution in [-0.4, -0.2) is 46.5 Å². The number of sulfone groups is 1. The molecule has 1 aliphatic carbocycles. The Bertz CT molecular complexity index is 740. The molecule has 1 aromatic carbocycles. The van der Waals surface area contributed by atoms with E-state index in [0.717, 1.165) is 18.4 Å². The Morgan fingerprint density at radius 1 is 1.32 bits per heavy atom. The van der Waals surface area contributed by atoms with Gasteiger partial charge in [0, 0.05) is 37.2 Å². The van der Waals surface area contributed by atoms with Crippen LogP contribution in [0.4, 0.5) is 4.39 Å². The third-order valence-corrected chi connectivity index (χ3v) is 5.82. The van der Waals surface area contributed by atoms with Gasteiger partial charge in [0.05, 0.1) is 5.75 Å². The Hall–Kier alpha value is -1.63. The summed E-state index contributed by atoms with van der Waals surface area (Å²) in [6, 6.07) is 6.60. The molecule has 5 nitrogen and oxygen atoms in total. The van der Waals surface area contributed by atoms with Gasteiger partial charge in [-0.3, -0.25) is 4.99 Å². The summed E-state index contributed by atoms with van der Waals surface area (Å²) in [7, 11) is -1.30. The lowest BCUT2D eigenvalue weighted by Gasteiger charge is -2.27. The number of guanidine groups is 1. The number of rotatable bonds is 7. The van der Waals surface area contributed by atoms with Gasteiger partial charge in [-0.15, -0.1) is 0 Å².